The summed E-state index contributed by atoms with van der Waals surface area (Å²) < 4.78 is 0. The van der Waals surface area contributed by atoms with Crippen molar-refractivity contribution >= 4 is 11.8 Å². The SMILES string of the molecule is Cc1ccc(N)cc1C=CCCN=[N+]=[N-]. The largest absolute Gasteiger partial charge is 0.399 e. The van der Waals surface area contributed by atoms with E-state index in [0.717, 1.165) is 17.7 Å². The van der Waals surface area contributed by atoms with Gasteiger partial charge in [-0.3, -0.25) is 0 Å². The molecule has 15 heavy (non-hydrogen) atoms. The lowest BCUT2D eigenvalue weighted by molar-refractivity contribution is 0.995. The molecule has 4 nitrogen and oxygen atoms in total. The van der Waals surface area contributed by atoms with E-state index in [1.165, 1.54) is 5.56 Å². The Bertz CT molecular complexity index is 403. The minimum absolute atomic E-state index is 0.494. The zero-order valence-corrected chi connectivity index (χ0v) is 8.72. The summed E-state index contributed by atoms with van der Waals surface area (Å²) in [4.78, 5) is 2.68. The molecule has 0 saturated carbocycles. The van der Waals surface area contributed by atoms with Gasteiger partial charge in [0.1, 0.15) is 0 Å². The number of aryl methyl sites for hydroxylation is 1. The van der Waals surface area contributed by atoms with Crippen LogP contribution in [0, 0.1) is 6.92 Å². The van der Waals surface area contributed by atoms with E-state index in [2.05, 4.69) is 10.0 Å². The second kappa shape index (κ2) is 5.73. The van der Waals surface area contributed by atoms with Gasteiger partial charge in [0.25, 0.3) is 0 Å². The summed E-state index contributed by atoms with van der Waals surface area (Å²) in [5.74, 6) is 0. The van der Waals surface area contributed by atoms with Gasteiger partial charge in [0.2, 0.25) is 0 Å². The van der Waals surface area contributed by atoms with Crippen molar-refractivity contribution in [2.75, 3.05) is 12.3 Å². The van der Waals surface area contributed by atoms with Crippen molar-refractivity contribution in [3.63, 3.8) is 0 Å². The van der Waals surface area contributed by atoms with Crippen LogP contribution in [-0.4, -0.2) is 6.54 Å². The summed E-state index contributed by atoms with van der Waals surface area (Å²) in [6, 6.07) is 5.80. The third kappa shape index (κ3) is 3.75. The first kappa shape index (κ1) is 11.1. The normalized spacial score (nSPS) is 10.2. The van der Waals surface area contributed by atoms with Gasteiger partial charge in [-0.05, 0) is 42.1 Å². The minimum Gasteiger partial charge on any atom is -0.399 e. The Balaban J connectivity index is 2.63. The van der Waals surface area contributed by atoms with E-state index in [1.54, 1.807) is 0 Å². The average Bonchev–Trinajstić information content (AvgIpc) is 2.23. The van der Waals surface area contributed by atoms with Crippen LogP contribution < -0.4 is 5.73 Å². The van der Waals surface area contributed by atoms with Crippen molar-refractivity contribution in [3.8, 4) is 0 Å². The number of hydrogen-bond acceptors (Lipinski definition) is 2. The predicted octanol–water partition coefficient (Wildman–Crippen LogP) is 3.29. The smallest absolute Gasteiger partial charge is 0.0320 e. The Morgan fingerprint density at radius 2 is 2.33 bits per heavy atom. The summed E-state index contributed by atoms with van der Waals surface area (Å²) in [5, 5.41) is 3.45. The van der Waals surface area contributed by atoms with E-state index in [9.17, 15) is 0 Å². The fraction of sp³-hybridized carbons (Fsp3) is 0.273. The Morgan fingerprint density at radius 1 is 1.53 bits per heavy atom. The molecule has 0 aliphatic rings. The molecule has 0 aromatic heterocycles. The highest BCUT2D eigenvalue weighted by Gasteiger charge is 1.93. The molecule has 1 rings (SSSR count). The summed E-state index contributed by atoms with van der Waals surface area (Å²) in [6.07, 6.45) is 4.73. The standard InChI is InChI=1S/C11H14N4/c1-9-5-6-11(12)8-10(9)4-2-3-7-14-15-13/h2,4-6,8H,3,7,12H2,1H3. The van der Waals surface area contributed by atoms with Gasteiger partial charge in [0.05, 0.1) is 0 Å². The first-order chi connectivity index (χ1) is 7.24. The number of rotatable bonds is 4. The topological polar surface area (TPSA) is 74.8 Å². The van der Waals surface area contributed by atoms with Gasteiger partial charge in [0, 0.05) is 17.1 Å². The molecule has 4 heteroatoms. The Labute approximate surface area is 89.0 Å². The Hall–Kier alpha value is -1.93. The van der Waals surface area contributed by atoms with Crippen molar-refractivity contribution < 1.29 is 0 Å². The minimum atomic E-state index is 0.494. The van der Waals surface area contributed by atoms with Gasteiger partial charge in [0.15, 0.2) is 0 Å². The molecule has 0 unspecified atom stereocenters. The molecule has 78 valence electrons. The summed E-state index contributed by atoms with van der Waals surface area (Å²) in [6.45, 7) is 2.53. The number of nitrogens with zero attached hydrogens (tertiary/aromatic N) is 3. The molecule has 0 amide bonds. The molecule has 0 aliphatic heterocycles. The maximum absolute atomic E-state index is 8.08. The zero-order chi connectivity index (χ0) is 11.1. The maximum Gasteiger partial charge on any atom is 0.0320 e. The highest BCUT2D eigenvalue weighted by Crippen LogP contribution is 2.14. The molecule has 0 radical (unpaired) electrons. The summed E-state index contributed by atoms with van der Waals surface area (Å²) in [7, 11) is 0. The summed E-state index contributed by atoms with van der Waals surface area (Å²) >= 11 is 0. The molecule has 2 N–H and O–H groups in total. The first-order valence-corrected chi connectivity index (χ1v) is 4.77. The molecule has 0 aliphatic carbocycles. The van der Waals surface area contributed by atoms with Crippen molar-refractivity contribution in [1.82, 2.24) is 0 Å². The van der Waals surface area contributed by atoms with Crippen LogP contribution >= 0.6 is 0 Å². The van der Waals surface area contributed by atoms with Crippen LogP contribution in [0.1, 0.15) is 17.5 Å². The van der Waals surface area contributed by atoms with Gasteiger partial charge in [-0.25, -0.2) is 0 Å². The second-order valence-electron chi connectivity index (χ2n) is 3.26. The van der Waals surface area contributed by atoms with Crippen molar-refractivity contribution in [2.24, 2.45) is 5.11 Å². The van der Waals surface area contributed by atoms with Gasteiger partial charge in [-0.2, -0.15) is 0 Å². The van der Waals surface area contributed by atoms with Gasteiger partial charge in [-0.1, -0.05) is 23.3 Å². The number of nitrogen functional groups attached to an aromatic ring is 1. The van der Waals surface area contributed by atoms with E-state index < -0.39 is 0 Å². The predicted molar refractivity (Wildman–Crippen MR) is 63.3 cm³/mol. The molecule has 1 aromatic rings. The first-order valence-electron chi connectivity index (χ1n) is 4.77. The molecule has 0 fully saturated rings. The van der Waals surface area contributed by atoms with Crippen LogP contribution in [0.15, 0.2) is 29.4 Å². The number of hydrogen-bond donors (Lipinski definition) is 1. The van der Waals surface area contributed by atoms with Gasteiger partial charge >= 0.3 is 0 Å². The number of nitrogens with two attached hydrogens (primary N) is 1. The lowest BCUT2D eigenvalue weighted by atomic mass is 10.1. The van der Waals surface area contributed by atoms with E-state index >= 15 is 0 Å². The molecule has 0 heterocycles. The van der Waals surface area contributed by atoms with Gasteiger partial charge in [-0.15, -0.1) is 0 Å². The number of benzene rings is 1. The van der Waals surface area contributed by atoms with E-state index in [4.69, 9.17) is 11.3 Å². The van der Waals surface area contributed by atoms with Crippen LogP contribution in [0.4, 0.5) is 5.69 Å². The molecule has 1 aromatic carbocycles. The van der Waals surface area contributed by atoms with E-state index in [1.807, 2.05) is 37.3 Å². The monoisotopic (exact) mass is 202 g/mol. The highest BCUT2D eigenvalue weighted by molar-refractivity contribution is 5.59. The average molecular weight is 202 g/mol. The van der Waals surface area contributed by atoms with Crippen LogP contribution in [0.5, 0.6) is 0 Å². The van der Waals surface area contributed by atoms with Crippen LogP contribution in [-0.2, 0) is 0 Å². The molecular weight excluding hydrogens is 188 g/mol. The Kier molecular flexibility index (Phi) is 4.26. The van der Waals surface area contributed by atoms with Crippen molar-refractivity contribution in [3.05, 3.63) is 45.8 Å². The second-order valence-corrected chi connectivity index (χ2v) is 3.26. The third-order valence-corrected chi connectivity index (χ3v) is 2.06. The van der Waals surface area contributed by atoms with Crippen molar-refractivity contribution in [1.29, 1.82) is 0 Å². The van der Waals surface area contributed by atoms with Gasteiger partial charge < -0.3 is 5.73 Å². The lowest BCUT2D eigenvalue weighted by Gasteiger charge is -2.01. The van der Waals surface area contributed by atoms with Crippen LogP contribution in [0.2, 0.25) is 0 Å². The highest BCUT2D eigenvalue weighted by atomic mass is 15.1. The number of anilines is 1. The van der Waals surface area contributed by atoms with E-state index in [-0.39, 0.29) is 0 Å². The lowest BCUT2D eigenvalue weighted by Crippen LogP contribution is -1.87. The Morgan fingerprint density at radius 3 is 3.07 bits per heavy atom. The molecule has 0 bridgehead atoms. The van der Waals surface area contributed by atoms with Crippen LogP contribution in [0.3, 0.4) is 0 Å². The maximum atomic E-state index is 8.08. The van der Waals surface area contributed by atoms with E-state index in [0.29, 0.717) is 6.54 Å². The molecule has 0 saturated heterocycles. The van der Waals surface area contributed by atoms with Crippen LogP contribution in [0.25, 0.3) is 16.5 Å². The third-order valence-electron chi connectivity index (χ3n) is 2.06. The molecule has 0 spiro atoms. The number of azide groups is 1. The molecular formula is C11H14N4. The molecule has 0 atom stereocenters. The van der Waals surface area contributed by atoms with Crippen molar-refractivity contribution in [2.45, 2.75) is 13.3 Å². The fourth-order valence-electron chi connectivity index (χ4n) is 1.23. The zero-order valence-electron chi connectivity index (χ0n) is 8.72. The quantitative estimate of drug-likeness (QED) is 0.263. The summed E-state index contributed by atoms with van der Waals surface area (Å²) in [5.41, 5.74) is 16.8. The fourth-order valence-corrected chi connectivity index (χ4v) is 1.23.